The van der Waals surface area contributed by atoms with E-state index in [0.717, 1.165) is 34.1 Å². The number of nitriles is 1. The van der Waals surface area contributed by atoms with Crippen molar-refractivity contribution in [1.82, 2.24) is 4.98 Å². The van der Waals surface area contributed by atoms with Gasteiger partial charge in [0.25, 0.3) is 0 Å². The first-order valence-electron chi connectivity index (χ1n) is 6.15. The first kappa shape index (κ1) is 12.2. The van der Waals surface area contributed by atoms with Crippen molar-refractivity contribution in [2.24, 2.45) is 0 Å². The highest BCUT2D eigenvalue weighted by Crippen LogP contribution is 2.41. The van der Waals surface area contributed by atoms with E-state index in [2.05, 4.69) is 27.0 Å². The van der Waals surface area contributed by atoms with E-state index in [1.165, 1.54) is 0 Å². The Labute approximate surface area is 120 Å². The Morgan fingerprint density at radius 2 is 2.11 bits per heavy atom. The van der Waals surface area contributed by atoms with Gasteiger partial charge in [-0.3, -0.25) is 0 Å². The zero-order valence-corrected chi connectivity index (χ0v) is 11.8. The summed E-state index contributed by atoms with van der Waals surface area (Å²) in [6, 6.07) is 12.1. The average molecular weight is 314 g/mol. The average Bonchev–Trinajstić information content (AvgIpc) is 3.22. The van der Waals surface area contributed by atoms with E-state index in [1.54, 1.807) is 0 Å². The lowest BCUT2D eigenvalue weighted by Crippen LogP contribution is -2.01. The predicted molar refractivity (Wildman–Crippen MR) is 78.5 cm³/mol. The summed E-state index contributed by atoms with van der Waals surface area (Å²) in [6.45, 7) is 0. The molecule has 0 spiro atoms. The maximum absolute atomic E-state index is 9.29. The SMILES string of the molecule is N#Cc1c(-c2cccc(Br)c2)cc(C2CC2)nc1N. The highest BCUT2D eigenvalue weighted by molar-refractivity contribution is 9.10. The third-order valence-electron chi connectivity index (χ3n) is 3.31. The number of nitrogens with two attached hydrogens (primary N) is 1. The van der Waals surface area contributed by atoms with E-state index >= 15 is 0 Å². The Hall–Kier alpha value is -1.86. The Balaban J connectivity index is 2.20. The molecular formula is C15H12BrN3. The van der Waals surface area contributed by atoms with E-state index in [4.69, 9.17) is 5.73 Å². The summed E-state index contributed by atoms with van der Waals surface area (Å²) in [4.78, 5) is 4.36. The molecule has 0 amide bonds. The van der Waals surface area contributed by atoms with Gasteiger partial charge in [0.2, 0.25) is 0 Å². The van der Waals surface area contributed by atoms with Crippen LogP contribution in [0, 0.1) is 11.3 Å². The van der Waals surface area contributed by atoms with Crippen LogP contribution in [0.2, 0.25) is 0 Å². The molecule has 1 aromatic heterocycles. The van der Waals surface area contributed by atoms with Crippen molar-refractivity contribution in [2.45, 2.75) is 18.8 Å². The van der Waals surface area contributed by atoms with Crippen LogP contribution in [-0.2, 0) is 0 Å². The number of nitrogen functional groups attached to an aromatic ring is 1. The van der Waals surface area contributed by atoms with Gasteiger partial charge in [0, 0.05) is 21.6 Å². The van der Waals surface area contributed by atoms with E-state index in [1.807, 2.05) is 30.3 Å². The molecule has 1 fully saturated rings. The lowest BCUT2D eigenvalue weighted by Gasteiger charge is -2.09. The fraction of sp³-hybridized carbons (Fsp3) is 0.200. The van der Waals surface area contributed by atoms with Crippen LogP contribution in [0.3, 0.4) is 0 Å². The van der Waals surface area contributed by atoms with Gasteiger partial charge >= 0.3 is 0 Å². The molecule has 0 radical (unpaired) electrons. The summed E-state index contributed by atoms with van der Waals surface area (Å²) in [5, 5.41) is 9.29. The second kappa shape index (κ2) is 4.67. The van der Waals surface area contributed by atoms with Gasteiger partial charge in [-0.2, -0.15) is 5.26 Å². The summed E-state index contributed by atoms with van der Waals surface area (Å²) in [5.41, 5.74) is 9.26. The van der Waals surface area contributed by atoms with Gasteiger partial charge in [0.05, 0.1) is 0 Å². The summed E-state index contributed by atoms with van der Waals surface area (Å²) in [6.07, 6.45) is 2.33. The molecule has 0 bridgehead atoms. The van der Waals surface area contributed by atoms with Gasteiger partial charge in [-0.15, -0.1) is 0 Å². The van der Waals surface area contributed by atoms with Crippen LogP contribution in [0.5, 0.6) is 0 Å². The third-order valence-corrected chi connectivity index (χ3v) is 3.80. The van der Waals surface area contributed by atoms with Crippen LogP contribution in [0.4, 0.5) is 5.82 Å². The maximum Gasteiger partial charge on any atom is 0.142 e. The van der Waals surface area contributed by atoms with Crippen LogP contribution >= 0.6 is 15.9 Å². The predicted octanol–water partition coefficient (Wildman–Crippen LogP) is 3.84. The van der Waals surface area contributed by atoms with E-state index < -0.39 is 0 Å². The number of halogens is 1. The first-order chi connectivity index (χ1) is 9.19. The molecule has 19 heavy (non-hydrogen) atoms. The van der Waals surface area contributed by atoms with Gasteiger partial charge in [-0.05, 0) is 36.6 Å². The quantitative estimate of drug-likeness (QED) is 0.916. The lowest BCUT2D eigenvalue weighted by atomic mass is 9.99. The van der Waals surface area contributed by atoms with Crippen molar-refractivity contribution in [1.29, 1.82) is 5.26 Å². The van der Waals surface area contributed by atoms with Crippen LogP contribution in [0.25, 0.3) is 11.1 Å². The minimum absolute atomic E-state index is 0.335. The number of hydrogen-bond acceptors (Lipinski definition) is 3. The fourth-order valence-corrected chi connectivity index (χ4v) is 2.57. The monoisotopic (exact) mass is 313 g/mol. The molecular weight excluding hydrogens is 302 g/mol. The van der Waals surface area contributed by atoms with Gasteiger partial charge < -0.3 is 5.73 Å². The summed E-state index contributed by atoms with van der Waals surface area (Å²) in [7, 11) is 0. The molecule has 1 heterocycles. The third kappa shape index (κ3) is 2.34. The molecule has 0 saturated heterocycles. The van der Waals surface area contributed by atoms with Gasteiger partial charge in [0.15, 0.2) is 0 Å². The molecule has 0 unspecified atom stereocenters. The zero-order valence-electron chi connectivity index (χ0n) is 10.2. The van der Waals surface area contributed by atoms with Crippen molar-refractivity contribution in [3.05, 3.63) is 46.1 Å². The summed E-state index contributed by atoms with van der Waals surface area (Å²) in [5.74, 6) is 0.850. The first-order valence-corrected chi connectivity index (χ1v) is 6.95. The molecule has 0 aliphatic heterocycles. The minimum atomic E-state index is 0.335. The van der Waals surface area contributed by atoms with Gasteiger partial charge in [-0.25, -0.2) is 4.98 Å². The highest BCUT2D eigenvalue weighted by atomic mass is 79.9. The largest absolute Gasteiger partial charge is 0.383 e. The Bertz CT molecular complexity index is 684. The molecule has 2 aromatic rings. The lowest BCUT2D eigenvalue weighted by molar-refractivity contribution is 1.03. The molecule has 1 aliphatic rings. The second-order valence-corrected chi connectivity index (χ2v) is 5.67. The zero-order chi connectivity index (χ0) is 13.4. The van der Waals surface area contributed by atoms with E-state index in [0.29, 0.717) is 17.3 Å². The van der Waals surface area contributed by atoms with Crippen molar-refractivity contribution >= 4 is 21.7 Å². The fourth-order valence-electron chi connectivity index (χ4n) is 2.17. The van der Waals surface area contributed by atoms with E-state index in [9.17, 15) is 5.26 Å². The number of hydrogen-bond donors (Lipinski definition) is 1. The Morgan fingerprint density at radius 3 is 2.74 bits per heavy atom. The highest BCUT2D eigenvalue weighted by Gasteiger charge is 2.27. The number of anilines is 1. The molecule has 3 rings (SSSR count). The van der Waals surface area contributed by atoms with Crippen molar-refractivity contribution in [2.75, 3.05) is 5.73 Å². The minimum Gasteiger partial charge on any atom is -0.383 e. The molecule has 4 heteroatoms. The van der Waals surface area contributed by atoms with Crippen molar-refractivity contribution < 1.29 is 0 Å². The number of aromatic nitrogens is 1. The van der Waals surface area contributed by atoms with Crippen molar-refractivity contribution in [3.8, 4) is 17.2 Å². The Kier molecular flexibility index (Phi) is 3.00. The number of rotatable bonds is 2. The van der Waals surface area contributed by atoms with Crippen LogP contribution < -0.4 is 5.73 Å². The molecule has 94 valence electrons. The normalized spacial score (nSPS) is 14.1. The molecule has 2 N–H and O–H groups in total. The number of benzene rings is 1. The second-order valence-electron chi connectivity index (χ2n) is 4.75. The van der Waals surface area contributed by atoms with Gasteiger partial charge in [-0.1, -0.05) is 28.1 Å². The number of nitrogens with zero attached hydrogens (tertiary/aromatic N) is 2. The van der Waals surface area contributed by atoms with E-state index in [-0.39, 0.29) is 0 Å². The standard InChI is InChI=1S/C15H12BrN3/c16-11-3-1-2-10(6-11)12-7-14(9-4-5-9)19-15(18)13(12)8-17/h1-3,6-7,9H,4-5H2,(H2,18,19). The molecule has 3 nitrogen and oxygen atoms in total. The number of pyridine rings is 1. The van der Waals surface area contributed by atoms with Gasteiger partial charge in [0.1, 0.15) is 17.5 Å². The van der Waals surface area contributed by atoms with Crippen molar-refractivity contribution in [3.63, 3.8) is 0 Å². The van der Waals surface area contributed by atoms with Crippen LogP contribution in [-0.4, -0.2) is 4.98 Å². The maximum atomic E-state index is 9.29. The van der Waals surface area contributed by atoms with Crippen LogP contribution in [0.1, 0.15) is 30.0 Å². The smallest absolute Gasteiger partial charge is 0.142 e. The Morgan fingerprint density at radius 1 is 1.32 bits per heavy atom. The molecule has 0 atom stereocenters. The molecule has 1 saturated carbocycles. The molecule has 1 aromatic carbocycles. The topological polar surface area (TPSA) is 62.7 Å². The molecule has 1 aliphatic carbocycles. The summed E-state index contributed by atoms with van der Waals surface area (Å²) >= 11 is 3.45. The summed E-state index contributed by atoms with van der Waals surface area (Å²) < 4.78 is 0.984. The van der Waals surface area contributed by atoms with Crippen LogP contribution in [0.15, 0.2) is 34.8 Å².